The fourth-order valence-corrected chi connectivity index (χ4v) is 1.32. The van der Waals surface area contributed by atoms with Crippen molar-refractivity contribution in [2.24, 2.45) is 0 Å². The lowest BCUT2D eigenvalue weighted by molar-refractivity contribution is 1.18. The monoisotopic (exact) mass is 210 g/mol. The van der Waals surface area contributed by atoms with Gasteiger partial charge in [0.05, 0.1) is 11.4 Å². The largest absolute Gasteiger partial charge is 0.339 e. The molecule has 0 aliphatic rings. The Hall–Kier alpha value is -2.41. The van der Waals surface area contributed by atoms with Crippen LogP contribution in [0.4, 0.5) is 11.5 Å². The van der Waals surface area contributed by atoms with Gasteiger partial charge in [-0.3, -0.25) is 4.98 Å². The summed E-state index contributed by atoms with van der Waals surface area (Å²) in [5.74, 6) is 0.648. The van der Waals surface area contributed by atoms with Crippen LogP contribution in [0.25, 0.3) is 0 Å². The third-order valence-electron chi connectivity index (χ3n) is 2.13. The number of nitrogens with zero attached hydrogens (tertiary/aromatic N) is 3. The first-order valence-corrected chi connectivity index (χ1v) is 4.85. The number of anilines is 2. The number of aromatic nitrogens is 2. The molecule has 2 heterocycles. The Kier molecular flexibility index (Phi) is 2.79. The topological polar surface area (TPSA) is 61.6 Å². The number of nitrogens with one attached hydrogen (secondary N) is 1. The lowest BCUT2D eigenvalue weighted by Crippen LogP contribution is -1.97. The fourth-order valence-electron chi connectivity index (χ4n) is 1.32. The second-order valence-electron chi connectivity index (χ2n) is 3.28. The van der Waals surface area contributed by atoms with Crippen LogP contribution in [0.2, 0.25) is 0 Å². The number of nitriles is 1. The quantitative estimate of drug-likeness (QED) is 0.826. The molecule has 0 unspecified atom stereocenters. The van der Waals surface area contributed by atoms with Crippen LogP contribution >= 0.6 is 0 Å². The molecule has 2 aromatic rings. The van der Waals surface area contributed by atoms with Crippen LogP contribution in [-0.4, -0.2) is 9.97 Å². The molecule has 0 bridgehead atoms. The first-order chi connectivity index (χ1) is 7.79. The van der Waals surface area contributed by atoms with Gasteiger partial charge in [-0.15, -0.1) is 0 Å². The van der Waals surface area contributed by atoms with Crippen molar-refractivity contribution < 1.29 is 0 Å². The second kappa shape index (κ2) is 4.41. The molecule has 0 radical (unpaired) electrons. The van der Waals surface area contributed by atoms with Gasteiger partial charge in [0.25, 0.3) is 0 Å². The molecule has 16 heavy (non-hydrogen) atoms. The van der Waals surface area contributed by atoms with Crippen molar-refractivity contribution in [2.45, 2.75) is 6.92 Å². The van der Waals surface area contributed by atoms with E-state index in [1.54, 1.807) is 18.3 Å². The van der Waals surface area contributed by atoms with Gasteiger partial charge in [0.15, 0.2) is 0 Å². The highest BCUT2D eigenvalue weighted by Gasteiger charge is 2.00. The maximum absolute atomic E-state index is 8.73. The lowest BCUT2D eigenvalue weighted by atomic mass is 10.3. The smallest absolute Gasteiger partial charge is 0.142 e. The van der Waals surface area contributed by atoms with Crippen LogP contribution in [0.1, 0.15) is 11.4 Å². The molecule has 0 aliphatic carbocycles. The van der Waals surface area contributed by atoms with E-state index in [4.69, 9.17) is 5.26 Å². The minimum Gasteiger partial charge on any atom is -0.339 e. The number of pyridine rings is 2. The normalized spacial score (nSPS) is 9.50. The van der Waals surface area contributed by atoms with Crippen LogP contribution in [-0.2, 0) is 0 Å². The molecule has 0 spiro atoms. The van der Waals surface area contributed by atoms with Crippen molar-refractivity contribution in [3.8, 4) is 6.07 Å². The Balaban J connectivity index is 2.28. The second-order valence-corrected chi connectivity index (χ2v) is 3.28. The van der Waals surface area contributed by atoms with Crippen molar-refractivity contribution in [3.05, 3.63) is 47.9 Å². The zero-order valence-corrected chi connectivity index (χ0v) is 8.81. The predicted octanol–water partition coefficient (Wildman–Crippen LogP) is 2.40. The Morgan fingerprint density at radius 3 is 2.88 bits per heavy atom. The molecule has 1 N–H and O–H groups in total. The summed E-state index contributed by atoms with van der Waals surface area (Å²) in [5, 5.41) is 11.9. The summed E-state index contributed by atoms with van der Waals surface area (Å²) < 4.78 is 0. The van der Waals surface area contributed by atoms with Crippen molar-refractivity contribution in [1.82, 2.24) is 9.97 Å². The van der Waals surface area contributed by atoms with E-state index in [-0.39, 0.29) is 0 Å². The van der Waals surface area contributed by atoms with E-state index < -0.39 is 0 Å². The van der Waals surface area contributed by atoms with Gasteiger partial charge in [0.2, 0.25) is 0 Å². The number of hydrogen-bond donors (Lipinski definition) is 1. The molecule has 4 heteroatoms. The van der Waals surface area contributed by atoms with Crippen LogP contribution in [0.15, 0.2) is 36.5 Å². The van der Waals surface area contributed by atoms with Crippen molar-refractivity contribution in [2.75, 3.05) is 5.32 Å². The first kappa shape index (κ1) is 10.1. The van der Waals surface area contributed by atoms with Gasteiger partial charge in [0.1, 0.15) is 17.6 Å². The summed E-state index contributed by atoms with van der Waals surface area (Å²) in [5.41, 5.74) is 2.18. The molecule has 0 amide bonds. The molecule has 0 fully saturated rings. The van der Waals surface area contributed by atoms with Crippen LogP contribution in [0.3, 0.4) is 0 Å². The summed E-state index contributed by atoms with van der Waals surface area (Å²) in [6, 6.07) is 11.0. The van der Waals surface area contributed by atoms with Gasteiger partial charge in [-0.05, 0) is 31.2 Å². The Morgan fingerprint density at radius 1 is 1.25 bits per heavy atom. The average Bonchev–Trinajstić information content (AvgIpc) is 2.32. The Bertz CT molecular complexity index is 543. The zero-order valence-electron chi connectivity index (χ0n) is 8.81. The van der Waals surface area contributed by atoms with Crippen molar-refractivity contribution in [3.63, 3.8) is 0 Å². The van der Waals surface area contributed by atoms with Crippen LogP contribution < -0.4 is 5.32 Å². The molecule has 2 rings (SSSR count). The molecule has 0 saturated heterocycles. The minimum absolute atomic E-state index is 0.395. The summed E-state index contributed by atoms with van der Waals surface area (Å²) in [7, 11) is 0. The number of rotatable bonds is 2. The van der Waals surface area contributed by atoms with Crippen molar-refractivity contribution >= 4 is 11.5 Å². The van der Waals surface area contributed by atoms with E-state index >= 15 is 0 Å². The maximum atomic E-state index is 8.73. The molecular weight excluding hydrogens is 200 g/mol. The number of hydrogen-bond acceptors (Lipinski definition) is 4. The molecule has 0 atom stereocenters. The highest BCUT2D eigenvalue weighted by atomic mass is 15.0. The molecular formula is C12H10N4. The average molecular weight is 210 g/mol. The molecule has 2 aromatic heterocycles. The summed E-state index contributed by atoms with van der Waals surface area (Å²) >= 11 is 0. The van der Waals surface area contributed by atoms with Crippen LogP contribution in [0.5, 0.6) is 0 Å². The SMILES string of the molecule is Cc1ncccc1Nc1cccc(C#N)n1. The highest BCUT2D eigenvalue weighted by Crippen LogP contribution is 2.16. The molecule has 78 valence electrons. The van der Waals surface area contributed by atoms with Gasteiger partial charge in [-0.2, -0.15) is 5.26 Å². The molecule has 0 saturated carbocycles. The van der Waals surface area contributed by atoms with Crippen LogP contribution in [0, 0.1) is 18.3 Å². The Labute approximate surface area is 93.6 Å². The van der Waals surface area contributed by atoms with E-state index in [9.17, 15) is 0 Å². The molecule has 4 nitrogen and oxygen atoms in total. The van der Waals surface area contributed by atoms with Gasteiger partial charge in [0, 0.05) is 6.20 Å². The van der Waals surface area contributed by atoms with E-state index in [2.05, 4.69) is 15.3 Å². The molecule has 0 aromatic carbocycles. The minimum atomic E-state index is 0.395. The third kappa shape index (κ3) is 2.15. The summed E-state index contributed by atoms with van der Waals surface area (Å²) in [6.07, 6.45) is 1.74. The van der Waals surface area contributed by atoms with Gasteiger partial charge >= 0.3 is 0 Å². The van der Waals surface area contributed by atoms with E-state index in [0.29, 0.717) is 11.5 Å². The van der Waals surface area contributed by atoms with E-state index in [1.807, 2.05) is 31.2 Å². The van der Waals surface area contributed by atoms with Crippen molar-refractivity contribution in [1.29, 1.82) is 5.26 Å². The standard InChI is InChI=1S/C12H10N4/c1-9-11(5-3-7-14-9)16-12-6-2-4-10(8-13)15-12/h2-7H,1H3,(H,15,16). The molecule has 0 aliphatic heterocycles. The fraction of sp³-hybridized carbons (Fsp3) is 0.0833. The summed E-state index contributed by atoms with van der Waals surface area (Å²) in [6.45, 7) is 1.91. The third-order valence-corrected chi connectivity index (χ3v) is 2.13. The highest BCUT2D eigenvalue weighted by molar-refractivity contribution is 5.58. The zero-order chi connectivity index (χ0) is 11.4. The van der Waals surface area contributed by atoms with E-state index in [0.717, 1.165) is 11.4 Å². The first-order valence-electron chi connectivity index (χ1n) is 4.85. The summed E-state index contributed by atoms with van der Waals surface area (Å²) in [4.78, 5) is 8.29. The lowest BCUT2D eigenvalue weighted by Gasteiger charge is -2.07. The van der Waals surface area contributed by atoms with Gasteiger partial charge < -0.3 is 5.32 Å². The number of aryl methyl sites for hydroxylation is 1. The maximum Gasteiger partial charge on any atom is 0.142 e. The van der Waals surface area contributed by atoms with E-state index in [1.165, 1.54) is 0 Å². The van der Waals surface area contributed by atoms with Gasteiger partial charge in [-0.25, -0.2) is 4.98 Å². The predicted molar refractivity (Wildman–Crippen MR) is 61.2 cm³/mol. The van der Waals surface area contributed by atoms with Gasteiger partial charge in [-0.1, -0.05) is 6.07 Å². The Morgan fingerprint density at radius 2 is 2.12 bits per heavy atom.